The number of hydrogen-bond donors (Lipinski definition) is 0. The predicted molar refractivity (Wildman–Crippen MR) is 66.3 cm³/mol. The van der Waals surface area contributed by atoms with Gasteiger partial charge in [0.05, 0.1) is 12.2 Å². The molecule has 17 heavy (non-hydrogen) atoms. The highest BCUT2D eigenvalue weighted by atomic mass is 79.9. The molecule has 2 saturated heterocycles. The molecule has 2 unspecified atom stereocenters. The van der Waals surface area contributed by atoms with Crippen LogP contribution in [-0.2, 0) is 14.2 Å². The largest absolute Gasteiger partial charge is 0.509 e. The minimum atomic E-state index is -0.531. The molecule has 0 spiro atoms. The van der Waals surface area contributed by atoms with E-state index in [-0.39, 0.29) is 24.4 Å². The highest BCUT2D eigenvalue weighted by Crippen LogP contribution is 2.30. The lowest BCUT2D eigenvalue weighted by molar-refractivity contribution is -0.0510. The van der Waals surface area contributed by atoms with E-state index in [1.165, 1.54) is 0 Å². The maximum atomic E-state index is 11.1. The molecule has 4 nitrogen and oxygen atoms in total. The number of fused-ring (bicyclic) bond motifs is 1. The fourth-order valence-corrected chi connectivity index (χ4v) is 2.87. The second-order valence-electron chi connectivity index (χ2n) is 4.79. The fraction of sp³-hybridized carbons (Fsp3) is 0.917. The van der Waals surface area contributed by atoms with Gasteiger partial charge in [-0.25, -0.2) is 4.79 Å². The number of rotatable bonds is 2. The van der Waals surface area contributed by atoms with Crippen LogP contribution in [0.5, 0.6) is 0 Å². The average Bonchev–Trinajstić information content (AvgIpc) is 2.60. The van der Waals surface area contributed by atoms with Crippen molar-refractivity contribution in [1.82, 2.24) is 0 Å². The van der Waals surface area contributed by atoms with Gasteiger partial charge in [0.1, 0.15) is 12.2 Å². The third kappa shape index (κ3) is 3.13. The summed E-state index contributed by atoms with van der Waals surface area (Å²) in [5.41, 5.74) is 0. The number of halogens is 1. The molecule has 2 aliphatic rings. The Morgan fingerprint density at radius 3 is 2.76 bits per heavy atom. The highest BCUT2D eigenvalue weighted by Gasteiger charge is 2.40. The van der Waals surface area contributed by atoms with Gasteiger partial charge in [0.15, 0.2) is 0 Å². The summed E-state index contributed by atoms with van der Waals surface area (Å²) in [4.78, 5) is 11.5. The molecule has 5 heteroatoms. The number of alkyl halides is 1. The average molecular weight is 307 g/mol. The molecule has 2 fully saturated rings. The van der Waals surface area contributed by atoms with Crippen LogP contribution in [0, 0.1) is 0 Å². The van der Waals surface area contributed by atoms with Crippen molar-refractivity contribution in [2.75, 3.05) is 0 Å². The molecule has 0 radical (unpaired) electrons. The van der Waals surface area contributed by atoms with Gasteiger partial charge < -0.3 is 14.2 Å². The van der Waals surface area contributed by atoms with Crippen molar-refractivity contribution in [3.63, 3.8) is 0 Å². The van der Waals surface area contributed by atoms with Gasteiger partial charge in [0, 0.05) is 11.2 Å². The molecule has 0 bridgehead atoms. The Morgan fingerprint density at radius 2 is 2.06 bits per heavy atom. The molecule has 98 valence electrons. The Bertz CT molecular complexity index is 284. The van der Waals surface area contributed by atoms with Gasteiger partial charge in [-0.05, 0) is 26.2 Å². The maximum Gasteiger partial charge on any atom is 0.509 e. The zero-order valence-corrected chi connectivity index (χ0v) is 11.8. The zero-order chi connectivity index (χ0) is 12.4. The van der Waals surface area contributed by atoms with Crippen LogP contribution in [0.4, 0.5) is 4.79 Å². The van der Waals surface area contributed by atoms with E-state index >= 15 is 0 Å². The van der Waals surface area contributed by atoms with E-state index in [0.717, 1.165) is 25.7 Å². The predicted octanol–water partition coefficient (Wildman–Crippen LogP) is 3.02. The number of hydrogen-bond acceptors (Lipinski definition) is 4. The van der Waals surface area contributed by atoms with Crippen molar-refractivity contribution in [2.45, 2.75) is 68.8 Å². The van der Waals surface area contributed by atoms with E-state index in [1.54, 1.807) is 0 Å². The van der Waals surface area contributed by atoms with Crippen LogP contribution in [0.25, 0.3) is 0 Å². The molecule has 2 rings (SSSR count). The summed E-state index contributed by atoms with van der Waals surface area (Å²) in [5.74, 6) is 0. The second kappa shape index (κ2) is 5.57. The van der Waals surface area contributed by atoms with E-state index in [2.05, 4.69) is 22.9 Å². The maximum absolute atomic E-state index is 11.1. The summed E-state index contributed by atoms with van der Waals surface area (Å²) in [7, 11) is 0. The fourth-order valence-electron chi connectivity index (χ4n) is 2.48. The van der Waals surface area contributed by atoms with Crippen molar-refractivity contribution >= 4 is 22.1 Å². The highest BCUT2D eigenvalue weighted by molar-refractivity contribution is 9.09. The Kier molecular flexibility index (Phi) is 4.31. The molecule has 2 aliphatic heterocycles. The number of carbonyl (C=O) groups is 1. The van der Waals surface area contributed by atoms with Gasteiger partial charge in [-0.2, -0.15) is 0 Å². The van der Waals surface area contributed by atoms with Crippen molar-refractivity contribution in [2.24, 2.45) is 0 Å². The normalized spacial score (nSPS) is 39.6. The Balaban J connectivity index is 2.00. The first-order valence-corrected chi connectivity index (χ1v) is 7.18. The van der Waals surface area contributed by atoms with Crippen LogP contribution in [0.15, 0.2) is 0 Å². The molecule has 0 aromatic carbocycles. The van der Waals surface area contributed by atoms with Gasteiger partial charge in [-0.15, -0.1) is 0 Å². The molecular formula is C12H19BrO4. The smallest absolute Gasteiger partial charge is 0.427 e. The molecule has 0 aromatic rings. The Hall–Kier alpha value is -0.290. The van der Waals surface area contributed by atoms with Crippen LogP contribution in [0.2, 0.25) is 0 Å². The molecular weight excluding hydrogens is 288 g/mol. The lowest BCUT2D eigenvalue weighted by atomic mass is 9.97. The Morgan fingerprint density at radius 1 is 1.35 bits per heavy atom. The SMILES string of the molecule is CC[C@H](Br)C1CC[C@H]2OC(=O)OC2C[C@H](C)O1. The van der Waals surface area contributed by atoms with E-state index < -0.39 is 6.16 Å². The summed E-state index contributed by atoms with van der Waals surface area (Å²) in [6.07, 6.45) is 2.99. The Labute approximate surface area is 110 Å². The lowest BCUT2D eigenvalue weighted by Gasteiger charge is -2.31. The number of carbonyl (C=O) groups excluding carboxylic acids is 1. The second-order valence-corrected chi connectivity index (χ2v) is 5.96. The van der Waals surface area contributed by atoms with E-state index in [9.17, 15) is 4.79 Å². The van der Waals surface area contributed by atoms with E-state index in [0.29, 0.717) is 4.83 Å². The van der Waals surface area contributed by atoms with Crippen LogP contribution in [0.3, 0.4) is 0 Å². The summed E-state index contributed by atoms with van der Waals surface area (Å²) < 4.78 is 16.3. The minimum absolute atomic E-state index is 0.0899. The minimum Gasteiger partial charge on any atom is -0.427 e. The van der Waals surface area contributed by atoms with Crippen LogP contribution in [-0.4, -0.2) is 35.4 Å². The monoisotopic (exact) mass is 306 g/mol. The zero-order valence-electron chi connectivity index (χ0n) is 10.2. The van der Waals surface area contributed by atoms with Gasteiger partial charge in [0.25, 0.3) is 0 Å². The van der Waals surface area contributed by atoms with Crippen molar-refractivity contribution in [3.05, 3.63) is 0 Å². The molecule has 2 heterocycles. The van der Waals surface area contributed by atoms with Crippen molar-refractivity contribution < 1.29 is 19.0 Å². The summed E-state index contributed by atoms with van der Waals surface area (Å²) in [6.45, 7) is 4.16. The van der Waals surface area contributed by atoms with E-state index in [4.69, 9.17) is 14.2 Å². The molecule has 0 N–H and O–H groups in total. The topological polar surface area (TPSA) is 44.8 Å². The number of ether oxygens (including phenoxy) is 3. The first-order chi connectivity index (χ1) is 8.10. The third-order valence-electron chi connectivity index (χ3n) is 3.41. The molecule has 5 atom stereocenters. The first-order valence-electron chi connectivity index (χ1n) is 6.27. The van der Waals surface area contributed by atoms with Gasteiger partial charge in [-0.1, -0.05) is 22.9 Å². The van der Waals surface area contributed by atoms with E-state index in [1.807, 2.05) is 6.92 Å². The van der Waals surface area contributed by atoms with Crippen molar-refractivity contribution in [1.29, 1.82) is 0 Å². The van der Waals surface area contributed by atoms with Crippen molar-refractivity contribution in [3.8, 4) is 0 Å². The third-order valence-corrected chi connectivity index (χ3v) is 4.65. The molecule has 0 saturated carbocycles. The van der Waals surface area contributed by atoms with Gasteiger partial charge in [0.2, 0.25) is 0 Å². The summed E-state index contributed by atoms with van der Waals surface area (Å²) >= 11 is 3.65. The van der Waals surface area contributed by atoms with Crippen LogP contribution < -0.4 is 0 Å². The van der Waals surface area contributed by atoms with Crippen LogP contribution in [0.1, 0.15) is 39.5 Å². The molecule has 0 aromatic heterocycles. The quantitative estimate of drug-likeness (QED) is 0.581. The summed E-state index contributed by atoms with van der Waals surface area (Å²) in [6, 6.07) is 0. The van der Waals surface area contributed by atoms with Gasteiger partial charge >= 0.3 is 6.16 Å². The molecule has 0 aliphatic carbocycles. The van der Waals surface area contributed by atoms with Gasteiger partial charge in [-0.3, -0.25) is 0 Å². The summed E-state index contributed by atoms with van der Waals surface area (Å²) in [5, 5.41) is 0. The standard InChI is InChI=1S/C12H19BrO4/c1-3-8(13)9-4-5-10-11(6-7(2)15-9)17-12(14)16-10/h7-11H,3-6H2,1-2H3/t7-,8-,9?,10+,11?/m0/s1. The first kappa shape index (κ1) is 13.1. The molecule has 0 amide bonds. The lowest BCUT2D eigenvalue weighted by Crippen LogP contribution is -2.37. The van der Waals surface area contributed by atoms with Crippen LogP contribution >= 0.6 is 15.9 Å².